The molecule has 1 spiro atoms. The average molecular weight is 508 g/mol. The molecule has 34 heavy (non-hydrogen) atoms. The molecule has 2 fully saturated rings. The Balaban J connectivity index is 0.00000324. The van der Waals surface area contributed by atoms with Crippen LogP contribution in [0.25, 0.3) is 0 Å². The second-order valence-corrected chi connectivity index (χ2v) is 11.0. The topological polar surface area (TPSA) is 79.0 Å². The van der Waals surface area contributed by atoms with Gasteiger partial charge in [0.15, 0.2) is 0 Å². The number of benzene rings is 2. The van der Waals surface area contributed by atoms with E-state index >= 15 is 0 Å². The molecule has 1 N–H and O–H groups in total. The first-order chi connectivity index (χ1) is 15.8. The van der Waals surface area contributed by atoms with Crippen molar-refractivity contribution >= 4 is 28.3 Å². The van der Waals surface area contributed by atoms with E-state index in [2.05, 4.69) is 16.5 Å². The van der Waals surface area contributed by atoms with Crippen molar-refractivity contribution in [2.45, 2.75) is 42.8 Å². The molecule has 4 rings (SSSR count). The van der Waals surface area contributed by atoms with Gasteiger partial charge >= 0.3 is 0 Å². The van der Waals surface area contributed by atoms with Crippen LogP contribution in [-0.4, -0.2) is 75.6 Å². The summed E-state index contributed by atoms with van der Waals surface area (Å²) < 4.78 is 32.5. The normalized spacial score (nSPS) is 20.6. The third-order valence-electron chi connectivity index (χ3n) is 6.70. The third-order valence-corrected chi connectivity index (χ3v) is 8.13. The molecule has 2 saturated heterocycles. The van der Waals surface area contributed by atoms with Gasteiger partial charge < -0.3 is 14.5 Å². The summed E-state index contributed by atoms with van der Waals surface area (Å²) in [5.41, 5.74) is 1.57. The van der Waals surface area contributed by atoms with E-state index < -0.39 is 10.0 Å². The second kappa shape index (κ2) is 11.2. The van der Waals surface area contributed by atoms with Crippen molar-refractivity contribution in [1.82, 2.24) is 14.5 Å². The van der Waals surface area contributed by atoms with Crippen LogP contribution in [0.3, 0.4) is 0 Å². The monoisotopic (exact) mass is 507 g/mol. The molecule has 2 aliphatic heterocycles. The van der Waals surface area contributed by atoms with Crippen molar-refractivity contribution in [3.63, 3.8) is 0 Å². The van der Waals surface area contributed by atoms with Crippen LogP contribution in [0, 0.1) is 0 Å². The lowest BCUT2D eigenvalue weighted by molar-refractivity contribution is -0.161. The molecule has 1 unspecified atom stereocenters. The number of sulfonamides is 1. The Labute approximate surface area is 208 Å². The lowest BCUT2D eigenvalue weighted by Gasteiger charge is -2.49. The number of ether oxygens (including phenoxy) is 1. The van der Waals surface area contributed by atoms with Crippen molar-refractivity contribution in [3.8, 4) is 0 Å². The van der Waals surface area contributed by atoms with Crippen molar-refractivity contribution in [2.24, 2.45) is 0 Å². The van der Waals surface area contributed by atoms with Gasteiger partial charge in [0.25, 0.3) is 5.91 Å². The number of morpholine rings is 1. The first-order valence-electron chi connectivity index (χ1n) is 11.6. The summed E-state index contributed by atoms with van der Waals surface area (Å²) in [6, 6.07) is 16.6. The Bertz CT molecular complexity index is 1060. The fourth-order valence-electron chi connectivity index (χ4n) is 4.84. The van der Waals surface area contributed by atoms with Crippen LogP contribution >= 0.6 is 12.4 Å². The van der Waals surface area contributed by atoms with Crippen molar-refractivity contribution < 1.29 is 17.9 Å². The summed E-state index contributed by atoms with van der Waals surface area (Å²) in [5.74, 6) is 0.0799. The molecular weight excluding hydrogens is 474 g/mol. The zero-order valence-corrected chi connectivity index (χ0v) is 21.4. The van der Waals surface area contributed by atoms with E-state index in [0.29, 0.717) is 13.1 Å². The number of rotatable bonds is 6. The Hall–Kier alpha value is -1.97. The van der Waals surface area contributed by atoms with Gasteiger partial charge in [-0.1, -0.05) is 30.3 Å². The van der Waals surface area contributed by atoms with E-state index in [1.54, 1.807) is 12.1 Å². The minimum absolute atomic E-state index is 0. The SMILES string of the molecule is CNS(=O)(=O)c1ccc(CCN2CCC3(CC2)CN(C(=O)c2ccccc2)CC(C)O3)cc1.Cl. The maximum atomic E-state index is 13.0. The second-order valence-electron chi connectivity index (χ2n) is 9.11. The van der Waals surface area contributed by atoms with Crippen LogP contribution in [0.5, 0.6) is 0 Å². The molecule has 7 nitrogen and oxygen atoms in total. The summed E-state index contributed by atoms with van der Waals surface area (Å²) in [6.07, 6.45) is 2.68. The molecule has 186 valence electrons. The quantitative estimate of drug-likeness (QED) is 0.650. The predicted molar refractivity (Wildman–Crippen MR) is 135 cm³/mol. The number of hydrogen-bond acceptors (Lipinski definition) is 5. The van der Waals surface area contributed by atoms with Gasteiger partial charge in [-0.3, -0.25) is 4.79 Å². The number of nitrogens with one attached hydrogen (secondary N) is 1. The van der Waals surface area contributed by atoms with Gasteiger partial charge in [0, 0.05) is 31.7 Å². The first kappa shape index (κ1) is 26.6. The molecule has 0 radical (unpaired) electrons. The Morgan fingerprint density at radius 3 is 2.35 bits per heavy atom. The Morgan fingerprint density at radius 1 is 1.09 bits per heavy atom. The van der Waals surface area contributed by atoms with Gasteiger partial charge in [-0.2, -0.15) is 0 Å². The van der Waals surface area contributed by atoms with Crippen LogP contribution in [-0.2, 0) is 21.2 Å². The number of likely N-dealkylation sites (tertiary alicyclic amines) is 1. The number of hydrogen-bond donors (Lipinski definition) is 1. The van der Waals surface area contributed by atoms with Crippen molar-refractivity contribution in [1.29, 1.82) is 0 Å². The van der Waals surface area contributed by atoms with E-state index in [1.165, 1.54) is 7.05 Å². The minimum atomic E-state index is -3.40. The highest BCUT2D eigenvalue weighted by atomic mass is 35.5. The minimum Gasteiger partial charge on any atom is -0.368 e. The molecule has 0 bridgehead atoms. The van der Waals surface area contributed by atoms with Crippen molar-refractivity contribution in [3.05, 3.63) is 65.7 Å². The van der Waals surface area contributed by atoms with E-state index in [-0.39, 0.29) is 34.9 Å². The maximum absolute atomic E-state index is 13.0. The third kappa shape index (κ3) is 6.17. The zero-order chi connectivity index (χ0) is 23.5. The summed E-state index contributed by atoms with van der Waals surface area (Å²) in [7, 11) is -1.98. The van der Waals surface area contributed by atoms with Crippen molar-refractivity contribution in [2.75, 3.05) is 39.8 Å². The summed E-state index contributed by atoms with van der Waals surface area (Å²) in [6.45, 7) is 6.07. The first-order valence-corrected chi connectivity index (χ1v) is 13.1. The molecule has 2 aliphatic rings. The molecule has 1 atom stereocenters. The summed E-state index contributed by atoms with van der Waals surface area (Å²) >= 11 is 0. The fourth-order valence-corrected chi connectivity index (χ4v) is 5.57. The van der Waals surface area contributed by atoms with E-state index in [0.717, 1.165) is 50.0 Å². The lowest BCUT2D eigenvalue weighted by atomic mass is 9.88. The molecule has 0 aliphatic carbocycles. The molecule has 0 saturated carbocycles. The van der Waals surface area contributed by atoms with Gasteiger partial charge in [-0.05, 0) is 63.1 Å². The highest BCUT2D eigenvalue weighted by Gasteiger charge is 2.43. The number of carbonyl (C=O) groups excluding carboxylic acids is 1. The molecule has 1 amide bonds. The standard InChI is InChI=1S/C25H33N3O4S.ClH/c1-20-18-28(24(29)22-6-4-3-5-7-22)19-25(32-20)13-16-27(17-14-25)15-12-21-8-10-23(11-9-21)33(30,31)26-2;/h3-11,20,26H,12-19H2,1-2H3;1H. The largest absolute Gasteiger partial charge is 0.368 e. The van der Waals surface area contributed by atoms with Crippen LogP contribution < -0.4 is 4.72 Å². The molecule has 0 aromatic heterocycles. The molecule has 2 aromatic carbocycles. The number of nitrogens with zero attached hydrogens (tertiary/aromatic N) is 2. The highest BCUT2D eigenvalue weighted by Crippen LogP contribution is 2.33. The Kier molecular flexibility index (Phi) is 8.76. The predicted octanol–water partition coefficient (Wildman–Crippen LogP) is 2.95. The van der Waals surface area contributed by atoms with E-state index in [4.69, 9.17) is 4.74 Å². The van der Waals surface area contributed by atoms with Gasteiger partial charge in [-0.15, -0.1) is 12.4 Å². The van der Waals surface area contributed by atoms with E-state index in [9.17, 15) is 13.2 Å². The van der Waals surface area contributed by atoms with Gasteiger partial charge in [-0.25, -0.2) is 13.1 Å². The summed E-state index contributed by atoms with van der Waals surface area (Å²) in [4.78, 5) is 17.7. The number of amides is 1. The molecule has 2 heterocycles. The smallest absolute Gasteiger partial charge is 0.254 e. The summed E-state index contributed by atoms with van der Waals surface area (Å²) in [5, 5.41) is 0. The van der Waals surface area contributed by atoms with Crippen LogP contribution in [0.1, 0.15) is 35.7 Å². The Morgan fingerprint density at radius 2 is 1.74 bits per heavy atom. The molecule has 9 heteroatoms. The van der Waals surface area contributed by atoms with Gasteiger partial charge in [0.05, 0.1) is 23.1 Å². The number of piperidine rings is 1. The zero-order valence-electron chi connectivity index (χ0n) is 19.8. The molecular formula is C25H34ClN3O4S. The maximum Gasteiger partial charge on any atom is 0.254 e. The number of halogens is 1. The van der Waals surface area contributed by atoms with E-state index in [1.807, 2.05) is 47.4 Å². The van der Waals surface area contributed by atoms with Crippen LogP contribution in [0.15, 0.2) is 59.5 Å². The van der Waals surface area contributed by atoms with Gasteiger partial charge in [0.1, 0.15) is 0 Å². The lowest BCUT2D eigenvalue weighted by Crippen LogP contribution is -2.60. The van der Waals surface area contributed by atoms with Crippen LogP contribution in [0.2, 0.25) is 0 Å². The highest BCUT2D eigenvalue weighted by molar-refractivity contribution is 7.89. The fraction of sp³-hybridized carbons (Fsp3) is 0.480. The average Bonchev–Trinajstić information content (AvgIpc) is 2.83. The van der Waals surface area contributed by atoms with Gasteiger partial charge in [0.2, 0.25) is 10.0 Å². The number of carbonyl (C=O) groups is 1. The van der Waals surface area contributed by atoms with Crippen LogP contribution in [0.4, 0.5) is 0 Å². The molecule has 2 aromatic rings.